The third-order valence-corrected chi connectivity index (χ3v) is 6.94. The van der Waals surface area contributed by atoms with Crippen LogP contribution >= 0.6 is 22.9 Å². The number of aromatic nitrogens is 3. The van der Waals surface area contributed by atoms with Crippen LogP contribution in [0, 0.1) is 12.8 Å². The number of thiazole rings is 1. The summed E-state index contributed by atoms with van der Waals surface area (Å²) in [5.41, 5.74) is 3.90. The fourth-order valence-electron chi connectivity index (χ4n) is 3.93. The van der Waals surface area contributed by atoms with E-state index in [2.05, 4.69) is 38.4 Å². The van der Waals surface area contributed by atoms with Crippen molar-refractivity contribution in [2.75, 3.05) is 23.3 Å². The zero-order chi connectivity index (χ0) is 22.1. The summed E-state index contributed by atoms with van der Waals surface area (Å²) in [5.74, 6) is 0.856. The van der Waals surface area contributed by atoms with Crippen molar-refractivity contribution in [3.8, 4) is 11.3 Å². The van der Waals surface area contributed by atoms with Crippen LogP contribution in [0.2, 0.25) is 5.02 Å². The van der Waals surface area contributed by atoms with Crippen molar-refractivity contribution in [2.24, 2.45) is 5.92 Å². The number of carbonyl (C=O) groups is 1. The lowest BCUT2D eigenvalue weighted by Crippen LogP contribution is -2.38. The first-order valence-corrected chi connectivity index (χ1v) is 11.8. The summed E-state index contributed by atoms with van der Waals surface area (Å²) in [7, 11) is 0. The lowest BCUT2D eigenvalue weighted by atomic mass is 9.96. The standard InChI is InChI=1S/C24H22ClN5OS/c1-15-2-7-20-21(14-15)32-24(26-20)27-23(31)17-10-12-30(13-11-17)22-9-8-19(28-29-22)16-3-5-18(25)6-4-16/h2-9,14,17H,10-13H2,1H3,(H,26,27,31). The Bertz CT molecular complexity index is 1250. The van der Waals surface area contributed by atoms with Crippen molar-refractivity contribution in [1.82, 2.24) is 15.2 Å². The highest BCUT2D eigenvalue weighted by atomic mass is 35.5. The first kappa shape index (κ1) is 20.8. The molecular weight excluding hydrogens is 442 g/mol. The molecule has 0 unspecified atom stereocenters. The van der Waals surface area contributed by atoms with Gasteiger partial charge < -0.3 is 10.2 Å². The molecule has 2 aromatic heterocycles. The highest BCUT2D eigenvalue weighted by Crippen LogP contribution is 2.29. The Hall–Kier alpha value is -3.03. The molecule has 0 saturated carbocycles. The average molecular weight is 464 g/mol. The zero-order valence-corrected chi connectivity index (χ0v) is 19.2. The fraction of sp³-hybridized carbons (Fsp3) is 0.250. The van der Waals surface area contributed by atoms with Gasteiger partial charge in [-0.1, -0.05) is 41.1 Å². The Kier molecular flexibility index (Phi) is 5.76. The number of hydrogen-bond donors (Lipinski definition) is 1. The molecule has 0 atom stereocenters. The van der Waals surface area contributed by atoms with Gasteiger partial charge in [0.15, 0.2) is 10.9 Å². The minimum atomic E-state index is -0.0266. The highest BCUT2D eigenvalue weighted by Gasteiger charge is 2.26. The maximum Gasteiger partial charge on any atom is 0.229 e. The van der Waals surface area contributed by atoms with E-state index in [0.717, 1.165) is 53.2 Å². The van der Waals surface area contributed by atoms with E-state index in [1.54, 1.807) is 0 Å². The first-order valence-electron chi connectivity index (χ1n) is 10.6. The van der Waals surface area contributed by atoms with Crippen LogP contribution in [0.25, 0.3) is 21.5 Å². The second-order valence-electron chi connectivity index (χ2n) is 8.02. The number of nitrogens with zero attached hydrogens (tertiary/aromatic N) is 4. The van der Waals surface area contributed by atoms with Gasteiger partial charge in [0.1, 0.15) is 0 Å². The Morgan fingerprint density at radius 1 is 1.06 bits per heavy atom. The van der Waals surface area contributed by atoms with Gasteiger partial charge in [0.2, 0.25) is 5.91 Å². The number of benzene rings is 2. The molecular formula is C24H22ClN5OS. The maximum atomic E-state index is 12.8. The van der Waals surface area contributed by atoms with Crippen LogP contribution in [0.4, 0.5) is 10.9 Å². The molecule has 4 aromatic rings. The van der Waals surface area contributed by atoms with Crippen molar-refractivity contribution < 1.29 is 4.79 Å². The predicted octanol–water partition coefficient (Wildman–Crippen LogP) is 5.57. The molecule has 1 N–H and O–H groups in total. The number of amides is 1. The molecule has 1 amide bonds. The van der Waals surface area contributed by atoms with Gasteiger partial charge in [0.05, 0.1) is 15.9 Å². The third kappa shape index (κ3) is 4.45. The Morgan fingerprint density at radius 3 is 2.56 bits per heavy atom. The molecule has 0 aliphatic carbocycles. The normalized spacial score (nSPS) is 14.6. The van der Waals surface area contributed by atoms with Gasteiger partial charge in [0, 0.05) is 29.6 Å². The second-order valence-corrected chi connectivity index (χ2v) is 9.49. The number of halogens is 1. The minimum absolute atomic E-state index is 0.0266. The molecule has 1 saturated heterocycles. The summed E-state index contributed by atoms with van der Waals surface area (Å²) in [5, 5.41) is 13.2. The summed E-state index contributed by atoms with van der Waals surface area (Å²) in [6.07, 6.45) is 1.55. The minimum Gasteiger partial charge on any atom is -0.355 e. The van der Waals surface area contributed by atoms with Crippen LogP contribution in [0.15, 0.2) is 54.6 Å². The highest BCUT2D eigenvalue weighted by molar-refractivity contribution is 7.22. The maximum absolute atomic E-state index is 12.8. The largest absolute Gasteiger partial charge is 0.355 e. The van der Waals surface area contributed by atoms with Crippen molar-refractivity contribution in [2.45, 2.75) is 19.8 Å². The smallest absolute Gasteiger partial charge is 0.229 e. The van der Waals surface area contributed by atoms with Gasteiger partial charge in [-0.05, 0) is 61.7 Å². The van der Waals surface area contributed by atoms with Crippen molar-refractivity contribution in [3.63, 3.8) is 0 Å². The number of anilines is 2. The molecule has 6 nitrogen and oxygen atoms in total. The average Bonchev–Trinajstić information content (AvgIpc) is 3.21. The van der Waals surface area contributed by atoms with Crippen LogP contribution in [-0.4, -0.2) is 34.2 Å². The number of piperidine rings is 1. The first-order chi connectivity index (χ1) is 15.5. The molecule has 32 heavy (non-hydrogen) atoms. The van der Waals surface area contributed by atoms with Gasteiger partial charge >= 0.3 is 0 Å². The second kappa shape index (κ2) is 8.84. The molecule has 3 heterocycles. The summed E-state index contributed by atoms with van der Waals surface area (Å²) in [6.45, 7) is 3.60. The van der Waals surface area contributed by atoms with Crippen LogP contribution in [-0.2, 0) is 4.79 Å². The molecule has 0 radical (unpaired) electrons. The summed E-state index contributed by atoms with van der Waals surface area (Å²) >= 11 is 7.48. The van der Waals surface area contributed by atoms with Crippen LogP contribution < -0.4 is 10.2 Å². The summed E-state index contributed by atoms with van der Waals surface area (Å²) < 4.78 is 1.09. The topological polar surface area (TPSA) is 71.0 Å². The lowest BCUT2D eigenvalue weighted by molar-refractivity contribution is -0.120. The van der Waals surface area contributed by atoms with E-state index in [0.29, 0.717) is 10.2 Å². The van der Waals surface area contributed by atoms with E-state index in [1.807, 2.05) is 48.5 Å². The molecule has 1 aliphatic rings. The fourth-order valence-corrected chi connectivity index (χ4v) is 5.03. The van der Waals surface area contributed by atoms with E-state index in [1.165, 1.54) is 16.9 Å². The number of hydrogen-bond acceptors (Lipinski definition) is 6. The molecule has 1 aliphatic heterocycles. The van der Waals surface area contributed by atoms with Gasteiger partial charge in [0.25, 0.3) is 0 Å². The van der Waals surface area contributed by atoms with Gasteiger partial charge in [-0.15, -0.1) is 10.2 Å². The molecule has 1 fully saturated rings. The van der Waals surface area contributed by atoms with Crippen molar-refractivity contribution in [3.05, 3.63) is 65.2 Å². The SMILES string of the molecule is Cc1ccc2nc(NC(=O)C3CCN(c4ccc(-c5ccc(Cl)cc5)nn4)CC3)sc2c1. The van der Waals surface area contributed by atoms with Crippen LogP contribution in [0.1, 0.15) is 18.4 Å². The van der Waals surface area contributed by atoms with E-state index in [4.69, 9.17) is 11.6 Å². The van der Waals surface area contributed by atoms with E-state index < -0.39 is 0 Å². The molecule has 5 rings (SSSR count). The number of aryl methyl sites for hydroxylation is 1. The third-order valence-electron chi connectivity index (χ3n) is 5.75. The lowest BCUT2D eigenvalue weighted by Gasteiger charge is -2.31. The van der Waals surface area contributed by atoms with E-state index in [9.17, 15) is 4.79 Å². The van der Waals surface area contributed by atoms with Crippen LogP contribution in [0.3, 0.4) is 0 Å². The molecule has 8 heteroatoms. The molecule has 162 valence electrons. The van der Waals surface area contributed by atoms with Gasteiger partial charge in [-0.2, -0.15) is 0 Å². The molecule has 0 bridgehead atoms. The Morgan fingerprint density at radius 2 is 1.84 bits per heavy atom. The molecule has 2 aromatic carbocycles. The number of nitrogens with one attached hydrogen (secondary N) is 1. The predicted molar refractivity (Wildman–Crippen MR) is 130 cm³/mol. The Labute approximate surface area is 195 Å². The number of carbonyl (C=O) groups excluding carboxylic acids is 1. The van der Waals surface area contributed by atoms with Crippen LogP contribution in [0.5, 0.6) is 0 Å². The quantitative estimate of drug-likeness (QED) is 0.428. The van der Waals surface area contributed by atoms with Gasteiger partial charge in [-0.3, -0.25) is 4.79 Å². The van der Waals surface area contributed by atoms with Crippen molar-refractivity contribution >= 4 is 50.0 Å². The summed E-state index contributed by atoms with van der Waals surface area (Å²) in [6, 6.07) is 17.6. The zero-order valence-electron chi connectivity index (χ0n) is 17.6. The number of fused-ring (bicyclic) bond motifs is 1. The number of rotatable bonds is 4. The van der Waals surface area contributed by atoms with Crippen molar-refractivity contribution in [1.29, 1.82) is 0 Å². The monoisotopic (exact) mass is 463 g/mol. The Balaban J connectivity index is 1.19. The van der Waals surface area contributed by atoms with E-state index in [-0.39, 0.29) is 11.8 Å². The van der Waals surface area contributed by atoms with E-state index >= 15 is 0 Å². The van der Waals surface area contributed by atoms with Gasteiger partial charge in [-0.25, -0.2) is 4.98 Å². The summed E-state index contributed by atoms with van der Waals surface area (Å²) in [4.78, 5) is 19.5. The molecule has 0 spiro atoms.